The number of carbonyl (C=O) groups is 1. The molecule has 27 heavy (non-hydrogen) atoms. The number of carbonyl (C=O) groups excluding carboxylic acids is 1. The molecule has 0 aliphatic rings. The normalized spacial score (nSPS) is 11.3. The second-order valence-electron chi connectivity index (χ2n) is 5.48. The molecule has 0 bridgehead atoms. The van der Waals surface area contributed by atoms with Crippen LogP contribution in [0.1, 0.15) is 5.56 Å². The summed E-state index contributed by atoms with van der Waals surface area (Å²) in [6.07, 6.45) is -1.58. The molecular formula is C17H13ClF3N5O. The predicted molar refractivity (Wildman–Crippen MR) is 94.9 cm³/mol. The summed E-state index contributed by atoms with van der Waals surface area (Å²) in [4.78, 5) is 16.1. The third-order valence-corrected chi connectivity index (χ3v) is 3.80. The maximum absolute atomic E-state index is 12.6. The lowest BCUT2D eigenvalue weighted by atomic mass is 10.2. The molecule has 6 nitrogen and oxygen atoms in total. The first-order valence-electron chi connectivity index (χ1n) is 7.68. The highest BCUT2D eigenvalue weighted by molar-refractivity contribution is 6.31. The Kier molecular flexibility index (Phi) is 5.31. The van der Waals surface area contributed by atoms with Crippen molar-refractivity contribution < 1.29 is 18.0 Å². The zero-order chi connectivity index (χ0) is 19.4. The molecule has 140 valence electrons. The lowest BCUT2D eigenvalue weighted by molar-refractivity contribution is -0.137. The van der Waals surface area contributed by atoms with Gasteiger partial charge in [-0.1, -0.05) is 11.6 Å². The molecule has 1 aromatic heterocycles. The number of nitrogens with zero attached hydrogens (tertiary/aromatic N) is 3. The first-order valence-corrected chi connectivity index (χ1v) is 8.06. The molecule has 0 spiro atoms. The van der Waals surface area contributed by atoms with E-state index in [0.717, 1.165) is 12.1 Å². The Hall–Kier alpha value is -3.07. The summed E-state index contributed by atoms with van der Waals surface area (Å²) < 4.78 is 39.1. The number of benzene rings is 2. The van der Waals surface area contributed by atoms with E-state index in [-0.39, 0.29) is 6.54 Å². The summed E-state index contributed by atoms with van der Waals surface area (Å²) >= 11 is 5.98. The maximum Gasteiger partial charge on any atom is 0.416 e. The Morgan fingerprint density at radius 3 is 2.52 bits per heavy atom. The van der Waals surface area contributed by atoms with E-state index in [9.17, 15) is 18.0 Å². The zero-order valence-corrected chi connectivity index (χ0v) is 14.4. The summed E-state index contributed by atoms with van der Waals surface area (Å²) in [5, 5.41) is 9.89. The highest BCUT2D eigenvalue weighted by Gasteiger charge is 2.29. The van der Waals surface area contributed by atoms with Crippen molar-refractivity contribution in [2.45, 2.75) is 6.18 Å². The number of amides is 1. The highest BCUT2D eigenvalue weighted by atomic mass is 35.5. The summed E-state index contributed by atoms with van der Waals surface area (Å²) in [5.41, 5.74) is 0.627. The van der Waals surface area contributed by atoms with Crippen LogP contribution in [0.4, 0.5) is 24.5 Å². The number of anilines is 2. The van der Waals surface area contributed by atoms with Crippen LogP contribution in [0.25, 0.3) is 5.69 Å². The van der Waals surface area contributed by atoms with E-state index in [2.05, 4.69) is 20.7 Å². The Morgan fingerprint density at radius 1 is 1.15 bits per heavy atom. The van der Waals surface area contributed by atoms with Crippen LogP contribution in [-0.4, -0.2) is 27.2 Å². The zero-order valence-electron chi connectivity index (χ0n) is 13.7. The van der Waals surface area contributed by atoms with Gasteiger partial charge in [-0.05, 0) is 42.5 Å². The first kappa shape index (κ1) is 18.7. The van der Waals surface area contributed by atoms with Crippen LogP contribution >= 0.6 is 11.6 Å². The largest absolute Gasteiger partial charge is 0.416 e. The smallest absolute Gasteiger partial charge is 0.376 e. The first-order chi connectivity index (χ1) is 12.8. The lowest BCUT2D eigenvalue weighted by Crippen LogP contribution is -2.22. The van der Waals surface area contributed by atoms with Gasteiger partial charge >= 0.3 is 6.18 Å². The van der Waals surface area contributed by atoms with Gasteiger partial charge in [0.25, 0.3) is 0 Å². The second kappa shape index (κ2) is 7.67. The molecule has 0 aliphatic carbocycles. The molecule has 0 saturated carbocycles. The molecule has 10 heteroatoms. The number of aromatic nitrogens is 3. The van der Waals surface area contributed by atoms with Gasteiger partial charge in [0.05, 0.1) is 23.5 Å². The molecule has 0 saturated heterocycles. The fraction of sp³-hybridized carbons (Fsp3) is 0.118. The quantitative estimate of drug-likeness (QED) is 0.685. The molecule has 3 aromatic rings. The number of nitrogens with one attached hydrogen (secondary N) is 2. The average Bonchev–Trinajstić information content (AvgIpc) is 3.14. The molecule has 0 aliphatic heterocycles. The minimum Gasteiger partial charge on any atom is -0.376 e. The van der Waals surface area contributed by atoms with Gasteiger partial charge in [0.15, 0.2) is 0 Å². The molecule has 1 amide bonds. The van der Waals surface area contributed by atoms with Crippen molar-refractivity contribution in [3.05, 3.63) is 65.7 Å². The van der Waals surface area contributed by atoms with Crippen LogP contribution in [0.2, 0.25) is 5.02 Å². The van der Waals surface area contributed by atoms with Crippen LogP contribution < -0.4 is 10.6 Å². The van der Waals surface area contributed by atoms with Crippen molar-refractivity contribution in [3.8, 4) is 5.69 Å². The van der Waals surface area contributed by atoms with Gasteiger partial charge in [0, 0.05) is 10.7 Å². The van der Waals surface area contributed by atoms with Gasteiger partial charge < -0.3 is 10.6 Å². The maximum atomic E-state index is 12.6. The van der Waals surface area contributed by atoms with E-state index in [4.69, 9.17) is 11.6 Å². The van der Waals surface area contributed by atoms with Crippen molar-refractivity contribution in [3.63, 3.8) is 0 Å². The molecule has 0 unspecified atom stereocenters. The van der Waals surface area contributed by atoms with Gasteiger partial charge in [0.2, 0.25) is 5.91 Å². The van der Waals surface area contributed by atoms with Crippen LogP contribution in [0.3, 0.4) is 0 Å². The van der Waals surface area contributed by atoms with E-state index in [1.165, 1.54) is 29.5 Å². The molecule has 1 heterocycles. The molecule has 2 aromatic carbocycles. The molecule has 0 radical (unpaired) electrons. The van der Waals surface area contributed by atoms with Crippen molar-refractivity contribution in [1.82, 2.24) is 14.8 Å². The minimum atomic E-state index is -4.40. The SMILES string of the molecule is O=C(CNc1ccc(C(F)(F)F)cc1)Nc1cc(Cl)ccc1-n1cncn1. The number of halogens is 4. The van der Waals surface area contributed by atoms with Gasteiger partial charge in [-0.2, -0.15) is 18.3 Å². The van der Waals surface area contributed by atoms with Crippen molar-refractivity contribution >= 4 is 28.9 Å². The molecule has 0 atom stereocenters. The number of alkyl halides is 3. The molecule has 0 fully saturated rings. The fourth-order valence-corrected chi connectivity index (χ4v) is 2.47. The summed E-state index contributed by atoms with van der Waals surface area (Å²) in [7, 11) is 0. The van der Waals surface area contributed by atoms with Crippen LogP contribution in [0.5, 0.6) is 0 Å². The molecular weight excluding hydrogens is 383 g/mol. The third-order valence-electron chi connectivity index (χ3n) is 3.56. The lowest BCUT2D eigenvalue weighted by Gasteiger charge is -2.13. The highest BCUT2D eigenvalue weighted by Crippen LogP contribution is 2.29. The van der Waals surface area contributed by atoms with Gasteiger partial charge in [-0.15, -0.1) is 0 Å². The van der Waals surface area contributed by atoms with Crippen LogP contribution in [0.15, 0.2) is 55.1 Å². The Labute approximate surface area is 157 Å². The van der Waals surface area contributed by atoms with Crippen LogP contribution in [-0.2, 0) is 11.0 Å². The second-order valence-corrected chi connectivity index (χ2v) is 5.91. The monoisotopic (exact) mass is 395 g/mol. The van der Waals surface area contributed by atoms with Gasteiger partial charge in [-0.3, -0.25) is 4.79 Å². The van der Waals surface area contributed by atoms with E-state index in [1.807, 2.05) is 0 Å². The Morgan fingerprint density at radius 2 is 1.89 bits per heavy atom. The third kappa shape index (κ3) is 4.76. The Balaban J connectivity index is 1.66. The van der Waals surface area contributed by atoms with Crippen molar-refractivity contribution in [1.29, 1.82) is 0 Å². The van der Waals surface area contributed by atoms with Crippen LogP contribution in [0, 0.1) is 0 Å². The summed E-state index contributed by atoms with van der Waals surface area (Å²) in [5.74, 6) is -0.404. The van der Waals surface area contributed by atoms with E-state index < -0.39 is 17.6 Å². The summed E-state index contributed by atoms with van der Waals surface area (Å²) in [6, 6.07) is 9.30. The van der Waals surface area contributed by atoms with E-state index in [1.54, 1.807) is 18.2 Å². The number of hydrogen-bond donors (Lipinski definition) is 2. The predicted octanol–water partition coefficient (Wildman–Crippen LogP) is 3.99. The van der Waals surface area contributed by atoms with Gasteiger partial charge in [-0.25, -0.2) is 9.67 Å². The van der Waals surface area contributed by atoms with Crippen molar-refractivity contribution in [2.24, 2.45) is 0 Å². The molecule has 2 N–H and O–H groups in total. The van der Waals surface area contributed by atoms with E-state index in [0.29, 0.717) is 22.1 Å². The number of rotatable bonds is 5. The minimum absolute atomic E-state index is 0.144. The summed E-state index contributed by atoms with van der Waals surface area (Å²) in [6.45, 7) is -0.144. The standard InChI is InChI=1S/C17H13ClF3N5O/c18-12-3-6-15(26-10-22-9-24-26)14(7-12)25-16(27)8-23-13-4-1-11(2-5-13)17(19,20)21/h1-7,9-10,23H,8H2,(H,25,27). The van der Waals surface area contributed by atoms with E-state index >= 15 is 0 Å². The van der Waals surface area contributed by atoms with Gasteiger partial charge in [0.1, 0.15) is 12.7 Å². The molecule has 3 rings (SSSR count). The average molecular weight is 396 g/mol. The Bertz CT molecular complexity index is 927. The topological polar surface area (TPSA) is 71.8 Å². The fourth-order valence-electron chi connectivity index (χ4n) is 2.29. The van der Waals surface area contributed by atoms with Crippen molar-refractivity contribution in [2.75, 3.05) is 17.2 Å². The number of hydrogen-bond acceptors (Lipinski definition) is 4.